The second-order valence-corrected chi connectivity index (χ2v) is 8.58. The molecule has 1 aromatic heterocycles. The van der Waals surface area contributed by atoms with Crippen LogP contribution < -0.4 is 11.1 Å². The summed E-state index contributed by atoms with van der Waals surface area (Å²) >= 11 is 0. The van der Waals surface area contributed by atoms with Crippen LogP contribution in [-0.4, -0.2) is 27.1 Å². The van der Waals surface area contributed by atoms with Crippen LogP contribution in [-0.2, 0) is 4.79 Å². The summed E-state index contributed by atoms with van der Waals surface area (Å²) in [6, 6.07) is 8.12. The Hall–Kier alpha value is -1.92. The zero-order chi connectivity index (χ0) is 18.4. The molecule has 0 radical (unpaired) electrons. The number of anilines is 1. The number of hydrogen-bond acceptors (Lipinski definition) is 4. The lowest BCUT2D eigenvalue weighted by Crippen LogP contribution is -2.48. The molecule has 2 unspecified atom stereocenters. The van der Waals surface area contributed by atoms with Crippen molar-refractivity contribution < 1.29 is 4.79 Å². The van der Waals surface area contributed by atoms with Gasteiger partial charge in [0.1, 0.15) is 5.82 Å². The number of rotatable bonds is 4. The van der Waals surface area contributed by atoms with Crippen LogP contribution in [0.4, 0.5) is 5.69 Å². The molecular formula is C21H28ClN5O. The van der Waals surface area contributed by atoms with Crippen molar-refractivity contribution in [3.8, 4) is 11.4 Å². The number of halogens is 1. The van der Waals surface area contributed by atoms with Crippen molar-refractivity contribution in [2.24, 2.45) is 23.5 Å². The zero-order valence-corrected chi connectivity index (χ0v) is 16.8. The van der Waals surface area contributed by atoms with E-state index in [1.165, 1.54) is 32.1 Å². The highest BCUT2D eigenvalue weighted by molar-refractivity contribution is 5.92. The Morgan fingerprint density at radius 2 is 1.75 bits per heavy atom. The first-order chi connectivity index (χ1) is 13.2. The van der Waals surface area contributed by atoms with E-state index in [1.54, 1.807) is 0 Å². The Morgan fingerprint density at radius 3 is 2.39 bits per heavy atom. The number of carbonyl (C=O) groups excluding carboxylic acids is 1. The number of carbonyl (C=O) groups is 1. The van der Waals surface area contributed by atoms with Gasteiger partial charge in [-0.3, -0.25) is 9.89 Å². The maximum absolute atomic E-state index is 12.8. The van der Waals surface area contributed by atoms with E-state index >= 15 is 0 Å². The fourth-order valence-corrected chi connectivity index (χ4v) is 4.89. The molecule has 0 spiro atoms. The van der Waals surface area contributed by atoms with Gasteiger partial charge in [-0.2, -0.15) is 5.10 Å². The average Bonchev–Trinajstić information content (AvgIpc) is 3.39. The number of hydrogen-bond donors (Lipinski definition) is 3. The molecule has 28 heavy (non-hydrogen) atoms. The summed E-state index contributed by atoms with van der Waals surface area (Å²) in [5, 5.41) is 10.5. The van der Waals surface area contributed by atoms with Gasteiger partial charge in [0.2, 0.25) is 5.91 Å². The zero-order valence-electron chi connectivity index (χ0n) is 15.9. The number of aromatic amines is 1. The van der Waals surface area contributed by atoms with Gasteiger partial charge in [-0.25, -0.2) is 4.98 Å². The van der Waals surface area contributed by atoms with Crippen LogP contribution >= 0.6 is 12.4 Å². The van der Waals surface area contributed by atoms with Gasteiger partial charge in [0.15, 0.2) is 5.82 Å². The molecule has 7 heteroatoms. The van der Waals surface area contributed by atoms with Gasteiger partial charge >= 0.3 is 0 Å². The van der Waals surface area contributed by atoms with E-state index in [1.807, 2.05) is 24.3 Å². The van der Waals surface area contributed by atoms with Gasteiger partial charge in [-0.1, -0.05) is 6.42 Å². The molecular weight excluding hydrogens is 374 g/mol. The minimum Gasteiger partial charge on any atom is -0.327 e. The van der Waals surface area contributed by atoms with Crippen LogP contribution in [0.2, 0.25) is 0 Å². The lowest BCUT2D eigenvalue weighted by atomic mass is 9.65. The van der Waals surface area contributed by atoms with E-state index in [9.17, 15) is 4.79 Å². The SMILES string of the molecule is Cl.NC1C2CCCC1CC(C(=O)Nc1ccc(-c3n[nH]c(C4CC4)n3)cc1)C2. The summed E-state index contributed by atoms with van der Waals surface area (Å²) in [5.41, 5.74) is 8.15. The molecule has 5 rings (SSSR count). The fraction of sp³-hybridized carbons (Fsp3) is 0.571. The van der Waals surface area contributed by atoms with Crippen LogP contribution in [0.1, 0.15) is 56.7 Å². The van der Waals surface area contributed by atoms with Gasteiger partial charge < -0.3 is 11.1 Å². The largest absolute Gasteiger partial charge is 0.327 e. The van der Waals surface area contributed by atoms with Crippen molar-refractivity contribution in [2.45, 2.75) is 56.9 Å². The summed E-state index contributed by atoms with van der Waals surface area (Å²) in [6.45, 7) is 0. The highest BCUT2D eigenvalue weighted by atomic mass is 35.5. The van der Waals surface area contributed by atoms with E-state index in [4.69, 9.17) is 5.73 Å². The Labute approximate surface area is 171 Å². The summed E-state index contributed by atoms with van der Waals surface area (Å²) in [4.78, 5) is 17.3. The normalized spacial score (nSPS) is 29.0. The van der Waals surface area contributed by atoms with Crippen LogP contribution in [0.3, 0.4) is 0 Å². The molecule has 1 heterocycles. The predicted molar refractivity (Wildman–Crippen MR) is 111 cm³/mol. The van der Waals surface area contributed by atoms with Crippen LogP contribution in [0.15, 0.2) is 24.3 Å². The monoisotopic (exact) mass is 401 g/mol. The minimum atomic E-state index is 0. The number of nitrogens with two attached hydrogens (primary N) is 1. The Kier molecular flexibility index (Phi) is 5.43. The van der Waals surface area contributed by atoms with Crippen LogP contribution in [0.5, 0.6) is 0 Å². The van der Waals surface area contributed by atoms with E-state index in [-0.39, 0.29) is 24.2 Å². The van der Waals surface area contributed by atoms with Gasteiger partial charge in [0.25, 0.3) is 0 Å². The number of nitrogens with one attached hydrogen (secondary N) is 2. The third kappa shape index (κ3) is 3.80. The van der Waals surface area contributed by atoms with Crippen molar-refractivity contribution in [3.63, 3.8) is 0 Å². The second-order valence-electron chi connectivity index (χ2n) is 8.58. The molecule has 0 saturated heterocycles. The molecule has 0 aliphatic heterocycles. The lowest BCUT2D eigenvalue weighted by Gasteiger charge is -2.43. The molecule has 1 aromatic carbocycles. The molecule has 2 bridgehead atoms. The van der Waals surface area contributed by atoms with E-state index in [0.29, 0.717) is 23.8 Å². The first-order valence-electron chi connectivity index (χ1n) is 10.3. The minimum absolute atomic E-state index is 0. The third-order valence-corrected chi connectivity index (χ3v) is 6.66. The molecule has 1 amide bonds. The quantitative estimate of drug-likeness (QED) is 0.724. The summed E-state index contributed by atoms with van der Waals surface area (Å²) < 4.78 is 0. The van der Waals surface area contributed by atoms with Crippen molar-refractivity contribution in [3.05, 3.63) is 30.1 Å². The first kappa shape index (κ1) is 19.4. The number of fused-ring (bicyclic) bond motifs is 2. The average molecular weight is 402 g/mol. The molecule has 3 saturated carbocycles. The highest BCUT2D eigenvalue weighted by Crippen LogP contribution is 2.42. The van der Waals surface area contributed by atoms with E-state index in [2.05, 4.69) is 20.5 Å². The maximum Gasteiger partial charge on any atom is 0.227 e. The fourth-order valence-electron chi connectivity index (χ4n) is 4.89. The third-order valence-electron chi connectivity index (χ3n) is 6.66. The topological polar surface area (TPSA) is 96.7 Å². The van der Waals surface area contributed by atoms with Crippen LogP contribution in [0.25, 0.3) is 11.4 Å². The van der Waals surface area contributed by atoms with Crippen molar-refractivity contribution in [1.82, 2.24) is 15.2 Å². The molecule has 150 valence electrons. The second kappa shape index (κ2) is 7.84. The summed E-state index contributed by atoms with van der Waals surface area (Å²) in [7, 11) is 0. The standard InChI is InChI=1S/C21H27N5O.ClH/c22-18-14-2-1-3-15(18)11-16(10-14)21(27)23-17-8-6-13(7-9-17)20-24-19(25-26-20)12-4-5-12;/h6-9,12,14-16,18H,1-5,10-11,22H2,(H,23,27)(H,24,25,26);1H. The molecule has 2 atom stereocenters. The molecule has 2 aromatic rings. The number of benzene rings is 1. The van der Waals surface area contributed by atoms with Crippen molar-refractivity contribution >= 4 is 24.0 Å². The van der Waals surface area contributed by atoms with Gasteiger partial charge in [-0.05, 0) is 74.6 Å². The summed E-state index contributed by atoms with van der Waals surface area (Å²) in [5.74, 6) is 3.54. The van der Waals surface area contributed by atoms with Gasteiger partial charge in [0, 0.05) is 29.1 Å². The number of aromatic nitrogens is 3. The van der Waals surface area contributed by atoms with Crippen molar-refractivity contribution in [1.29, 1.82) is 0 Å². The maximum atomic E-state index is 12.8. The van der Waals surface area contributed by atoms with Crippen LogP contribution in [0, 0.1) is 17.8 Å². The van der Waals surface area contributed by atoms with Gasteiger partial charge in [-0.15, -0.1) is 12.4 Å². The predicted octanol–water partition coefficient (Wildman–Crippen LogP) is 3.86. The number of H-pyrrole nitrogens is 1. The van der Waals surface area contributed by atoms with Crippen molar-refractivity contribution in [2.75, 3.05) is 5.32 Å². The molecule has 3 aliphatic rings. The lowest BCUT2D eigenvalue weighted by molar-refractivity contribution is -0.122. The van der Waals surface area contributed by atoms with E-state index < -0.39 is 0 Å². The highest BCUT2D eigenvalue weighted by Gasteiger charge is 2.40. The summed E-state index contributed by atoms with van der Waals surface area (Å²) in [6.07, 6.45) is 7.89. The van der Waals surface area contributed by atoms with Gasteiger partial charge in [0.05, 0.1) is 0 Å². The molecule has 4 N–H and O–H groups in total. The Balaban J connectivity index is 0.00000192. The molecule has 6 nitrogen and oxygen atoms in total. The number of nitrogens with zero attached hydrogens (tertiary/aromatic N) is 2. The smallest absolute Gasteiger partial charge is 0.227 e. The first-order valence-corrected chi connectivity index (χ1v) is 10.3. The molecule has 3 aliphatic carbocycles. The Morgan fingerprint density at radius 1 is 1.07 bits per heavy atom. The van der Waals surface area contributed by atoms with E-state index in [0.717, 1.165) is 35.7 Å². The molecule has 3 fully saturated rings. The Bertz CT molecular complexity index is 818. The number of amides is 1.